The highest BCUT2D eigenvalue weighted by Crippen LogP contribution is 2.19. The number of pyridine rings is 1. The lowest BCUT2D eigenvalue weighted by molar-refractivity contribution is 0.0728. The van der Waals surface area contributed by atoms with E-state index in [0.29, 0.717) is 5.75 Å². The number of carbonyl (C=O) groups is 1. The molecule has 0 radical (unpaired) electrons. The number of aryl methyl sites for hydroxylation is 2. The van der Waals surface area contributed by atoms with Crippen LogP contribution >= 0.6 is 0 Å². The van der Waals surface area contributed by atoms with E-state index < -0.39 is 18.1 Å². The minimum Gasteiger partial charge on any atom is -0.482 e. The fourth-order valence-electron chi connectivity index (χ4n) is 2.72. The van der Waals surface area contributed by atoms with Gasteiger partial charge in [0, 0.05) is 19.8 Å². The van der Waals surface area contributed by atoms with Crippen LogP contribution in [0.2, 0.25) is 0 Å². The van der Waals surface area contributed by atoms with E-state index in [-0.39, 0.29) is 24.2 Å². The molecule has 0 unspecified atom stereocenters. The minimum absolute atomic E-state index is 0.0895. The van der Waals surface area contributed by atoms with Crippen molar-refractivity contribution in [3.05, 3.63) is 46.6 Å². The summed E-state index contributed by atoms with van der Waals surface area (Å²) in [4.78, 5) is 26.1. The number of rotatable bonds is 4. The molecule has 24 heavy (non-hydrogen) atoms. The van der Waals surface area contributed by atoms with Crippen molar-refractivity contribution >= 4 is 5.91 Å². The highest BCUT2D eigenvalue weighted by atomic mass is 16.5. The van der Waals surface area contributed by atoms with E-state index in [2.05, 4.69) is 5.10 Å². The minimum atomic E-state index is -0.813. The van der Waals surface area contributed by atoms with Gasteiger partial charge in [-0.1, -0.05) is 0 Å². The van der Waals surface area contributed by atoms with Crippen LogP contribution in [0.25, 0.3) is 0 Å². The van der Waals surface area contributed by atoms with Gasteiger partial charge in [-0.15, -0.1) is 0 Å². The quantitative estimate of drug-likeness (QED) is 0.842. The van der Waals surface area contributed by atoms with Crippen molar-refractivity contribution in [1.29, 1.82) is 0 Å². The summed E-state index contributed by atoms with van der Waals surface area (Å²) in [7, 11) is 1.59. The molecule has 8 nitrogen and oxygen atoms in total. The van der Waals surface area contributed by atoms with Gasteiger partial charge in [0.25, 0.3) is 11.5 Å². The van der Waals surface area contributed by atoms with Crippen LogP contribution in [0.3, 0.4) is 0 Å². The fraction of sp³-hybridized carbons (Fsp3) is 0.438. The summed E-state index contributed by atoms with van der Waals surface area (Å²) in [6, 6.07) is 3.14. The first kappa shape index (κ1) is 16.3. The Balaban J connectivity index is 1.72. The van der Waals surface area contributed by atoms with Crippen molar-refractivity contribution in [3.8, 4) is 5.75 Å². The van der Waals surface area contributed by atoms with E-state index in [1.165, 1.54) is 15.5 Å². The van der Waals surface area contributed by atoms with Gasteiger partial charge in [0.05, 0.1) is 25.5 Å². The number of likely N-dealkylation sites (tertiary alicyclic amines) is 1. The number of hydrogen-bond donors (Lipinski definition) is 1. The van der Waals surface area contributed by atoms with Crippen molar-refractivity contribution in [2.24, 2.45) is 7.05 Å². The lowest BCUT2D eigenvalue weighted by atomic mass is 10.2. The van der Waals surface area contributed by atoms with Crippen molar-refractivity contribution in [2.75, 3.05) is 13.1 Å². The SMILES string of the molecule is CCn1cc(O[C@@H]2CN(C(=O)c3cccn(C)c3=O)C[C@H]2O)cn1. The molecule has 128 valence electrons. The first-order chi connectivity index (χ1) is 11.5. The summed E-state index contributed by atoms with van der Waals surface area (Å²) in [6.45, 7) is 3.03. The third-order valence-corrected chi connectivity index (χ3v) is 4.10. The number of β-amino-alcohol motifs (C(OH)–C–C–N with tert-alkyl or cyclic N) is 1. The zero-order valence-corrected chi connectivity index (χ0v) is 13.6. The van der Waals surface area contributed by atoms with Crippen molar-refractivity contribution in [1.82, 2.24) is 19.2 Å². The van der Waals surface area contributed by atoms with E-state index >= 15 is 0 Å². The first-order valence-corrected chi connectivity index (χ1v) is 7.81. The zero-order chi connectivity index (χ0) is 17.3. The van der Waals surface area contributed by atoms with Crippen LogP contribution in [0.5, 0.6) is 5.75 Å². The summed E-state index contributed by atoms with van der Waals surface area (Å²) in [5, 5.41) is 14.3. The van der Waals surface area contributed by atoms with E-state index in [0.717, 1.165) is 6.54 Å². The van der Waals surface area contributed by atoms with Crippen molar-refractivity contribution in [2.45, 2.75) is 25.7 Å². The highest BCUT2D eigenvalue weighted by Gasteiger charge is 2.36. The van der Waals surface area contributed by atoms with Crippen molar-refractivity contribution in [3.63, 3.8) is 0 Å². The molecule has 3 rings (SSSR count). The maximum atomic E-state index is 12.5. The molecule has 3 heterocycles. The molecular weight excluding hydrogens is 312 g/mol. The summed E-state index contributed by atoms with van der Waals surface area (Å²) in [5.41, 5.74) is -0.266. The molecule has 0 spiro atoms. The molecule has 0 aliphatic carbocycles. The first-order valence-electron chi connectivity index (χ1n) is 7.81. The monoisotopic (exact) mass is 332 g/mol. The molecule has 2 atom stereocenters. The van der Waals surface area contributed by atoms with Crippen LogP contribution in [-0.2, 0) is 13.6 Å². The maximum absolute atomic E-state index is 12.5. The van der Waals surface area contributed by atoms with Crippen LogP contribution in [0.15, 0.2) is 35.5 Å². The summed E-state index contributed by atoms with van der Waals surface area (Å²) < 4.78 is 8.80. The number of hydrogen-bond acceptors (Lipinski definition) is 5. The summed E-state index contributed by atoms with van der Waals surface area (Å²) in [6.07, 6.45) is 3.55. The van der Waals surface area contributed by atoms with E-state index in [9.17, 15) is 14.7 Å². The lowest BCUT2D eigenvalue weighted by Crippen LogP contribution is -2.35. The smallest absolute Gasteiger partial charge is 0.263 e. The number of ether oxygens (including phenoxy) is 1. The van der Waals surface area contributed by atoms with Gasteiger partial charge in [-0.3, -0.25) is 14.3 Å². The standard InChI is InChI=1S/C16H20N4O4/c1-3-20-8-11(7-17-20)24-14-10-19(9-13(14)21)16(23)12-5-4-6-18(2)15(12)22/h4-8,13-14,21H,3,9-10H2,1-2H3/t13-,14-/m1/s1. The Morgan fingerprint density at radius 2 is 2.25 bits per heavy atom. The predicted octanol–water partition coefficient (Wildman–Crippen LogP) is -0.134. The van der Waals surface area contributed by atoms with E-state index in [1.807, 2.05) is 6.92 Å². The Labute approximate surface area is 138 Å². The van der Waals surface area contributed by atoms with E-state index in [1.54, 1.807) is 36.4 Å². The van der Waals surface area contributed by atoms with Gasteiger partial charge < -0.3 is 19.3 Å². The Kier molecular flexibility index (Phi) is 4.39. The molecule has 0 aromatic carbocycles. The largest absolute Gasteiger partial charge is 0.482 e. The van der Waals surface area contributed by atoms with Gasteiger partial charge in [-0.2, -0.15) is 5.10 Å². The van der Waals surface area contributed by atoms with Crippen LogP contribution < -0.4 is 10.3 Å². The second kappa shape index (κ2) is 6.48. The molecule has 8 heteroatoms. The normalized spacial score (nSPS) is 20.4. The molecule has 0 saturated carbocycles. The number of amides is 1. The Bertz CT molecular complexity index is 797. The molecule has 1 amide bonds. The number of aromatic nitrogens is 3. The summed E-state index contributed by atoms with van der Waals surface area (Å²) in [5.74, 6) is 0.149. The third-order valence-electron chi connectivity index (χ3n) is 4.10. The predicted molar refractivity (Wildman–Crippen MR) is 85.9 cm³/mol. The van der Waals surface area contributed by atoms with Gasteiger partial charge in [0.15, 0.2) is 5.75 Å². The second-order valence-corrected chi connectivity index (χ2v) is 5.80. The van der Waals surface area contributed by atoms with E-state index in [4.69, 9.17) is 4.74 Å². The molecule has 2 aromatic rings. The summed E-state index contributed by atoms with van der Waals surface area (Å²) >= 11 is 0. The number of aliphatic hydroxyl groups is 1. The molecular formula is C16H20N4O4. The van der Waals surface area contributed by atoms with Crippen molar-refractivity contribution < 1.29 is 14.6 Å². The third kappa shape index (κ3) is 3.05. The molecule has 1 aliphatic heterocycles. The number of aliphatic hydroxyl groups excluding tert-OH is 1. The topological polar surface area (TPSA) is 89.6 Å². The number of nitrogens with zero attached hydrogens (tertiary/aromatic N) is 4. The fourth-order valence-corrected chi connectivity index (χ4v) is 2.72. The van der Waals surface area contributed by atoms with Crippen LogP contribution in [0.4, 0.5) is 0 Å². The zero-order valence-electron chi connectivity index (χ0n) is 13.6. The van der Waals surface area contributed by atoms with Gasteiger partial charge >= 0.3 is 0 Å². The molecule has 1 aliphatic rings. The maximum Gasteiger partial charge on any atom is 0.263 e. The highest BCUT2D eigenvalue weighted by molar-refractivity contribution is 5.94. The van der Waals surface area contributed by atoms with Gasteiger partial charge in [-0.05, 0) is 19.1 Å². The molecule has 1 fully saturated rings. The van der Waals surface area contributed by atoms with Gasteiger partial charge in [0.2, 0.25) is 0 Å². The molecule has 1 saturated heterocycles. The average molecular weight is 332 g/mol. The Morgan fingerprint density at radius 3 is 2.96 bits per heavy atom. The van der Waals surface area contributed by atoms with Crippen LogP contribution in [0, 0.1) is 0 Å². The lowest BCUT2D eigenvalue weighted by Gasteiger charge is -2.16. The molecule has 1 N–H and O–H groups in total. The Hall–Kier alpha value is -2.61. The molecule has 2 aromatic heterocycles. The average Bonchev–Trinajstić information content (AvgIpc) is 3.17. The van der Waals surface area contributed by atoms with Crippen LogP contribution in [-0.4, -0.2) is 55.6 Å². The second-order valence-electron chi connectivity index (χ2n) is 5.80. The van der Waals surface area contributed by atoms with Crippen LogP contribution in [0.1, 0.15) is 17.3 Å². The van der Waals surface area contributed by atoms with Gasteiger partial charge in [-0.25, -0.2) is 0 Å². The van der Waals surface area contributed by atoms with Gasteiger partial charge in [0.1, 0.15) is 17.8 Å². The Morgan fingerprint density at radius 1 is 1.46 bits per heavy atom. The molecule has 0 bridgehead atoms. The number of carbonyl (C=O) groups excluding carboxylic acids is 1.